The van der Waals surface area contributed by atoms with Crippen molar-refractivity contribution in [1.82, 2.24) is 8.61 Å². The quantitative estimate of drug-likeness (QED) is 0.507. The molecule has 1 aromatic rings. The van der Waals surface area contributed by atoms with Gasteiger partial charge in [-0.25, -0.2) is 21.1 Å². The number of piperidine rings is 1. The molecular formula is C18H28N4O6S2. The molecule has 3 rings (SSSR count). The summed E-state index contributed by atoms with van der Waals surface area (Å²) < 4.78 is 52.0. The standard InChI is InChI=1S/C18H28N4O6S2/c1-29(25,26)20-12-8-15(9-13-20)19-17-7-6-16(14-18(17)22(23)24)30(27,28)21-10-4-2-3-5-11-21/h6-7,14-15,19H,2-5,8-13H2,1H3. The largest absolute Gasteiger partial charge is 0.377 e. The average molecular weight is 461 g/mol. The Labute approximate surface area is 177 Å². The molecule has 2 heterocycles. The van der Waals surface area contributed by atoms with Crippen LogP contribution in [0, 0.1) is 10.1 Å². The maximum atomic E-state index is 13.0. The number of hydrogen-bond donors (Lipinski definition) is 1. The van der Waals surface area contributed by atoms with Gasteiger partial charge in [-0.3, -0.25) is 10.1 Å². The molecule has 0 atom stereocenters. The second kappa shape index (κ2) is 9.16. The molecule has 12 heteroatoms. The van der Waals surface area contributed by atoms with Crippen LogP contribution in [0.3, 0.4) is 0 Å². The third-order valence-corrected chi connectivity index (χ3v) is 8.85. The second-order valence-electron chi connectivity index (χ2n) is 7.84. The van der Waals surface area contributed by atoms with Gasteiger partial charge in [0.25, 0.3) is 5.69 Å². The van der Waals surface area contributed by atoms with Crippen molar-refractivity contribution in [2.45, 2.75) is 49.5 Å². The monoisotopic (exact) mass is 460 g/mol. The number of nitro benzene ring substituents is 1. The van der Waals surface area contributed by atoms with Gasteiger partial charge < -0.3 is 5.32 Å². The zero-order valence-corrected chi connectivity index (χ0v) is 18.6. The molecule has 0 unspecified atom stereocenters. The van der Waals surface area contributed by atoms with Crippen molar-refractivity contribution in [3.05, 3.63) is 28.3 Å². The Hall–Kier alpha value is -1.76. The molecule has 0 bridgehead atoms. The van der Waals surface area contributed by atoms with Gasteiger partial charge in [0.15, 0.2) is 0 Å². The van der Waals surface area contributed by atoms with E-state index in [1.54, 1.807) is 0 Å². The van der Waals surface area contributed by atoms with Gasteiger partial charge in [-0.1, -0.05) is 12.8 Å². The van der Waals surface area contributed by atoms with Gasteiger partial charge >= 0.3 is 0 Å². The number of sulfonamides is 2. The van der Waals surface area contributed by atoms with Gasteiger partial charge in [-0.05, 0) is 37.8 Å². The lowest BCUT2D eigenvalue weighted by atomic mass is 10.1. The van der Waals surface area contributed by atoms with Crippen molar-refractivity contribution in [3.63, 3.8) is 0 Å². The zero-order chi connectivity index (χ0) is 21.9. The molecule has 1 N–H and O–H groups in total. The average Bonchev–Trinajstić information content (AvgIpc) is 2.98. The summed E-state index contributed by atoms with van der Waals surface area (Å²) in [5.41, 5.74) is -0.0518. The molecule has 0 radical (unpaired) electrons. The first-order chi connectivity index (χ1) is 14.1. The van der Waals surface area contributed by atoms with Crippen LogP contribution in [-0.4, -0.2) is 68.8 Å². The topological polar surface area (TPSA) is 130 Å². The SMILES string of the molecule is CS(=O)(=O)N1CCC(Nc2ccc(S(=O)(=O)N3CCCCCC3)cc2[N+](=O)[O-])CC1. The minimum Gasteiger partial charge on any atom is -0.377 e. The van der Waals surface area contributed by atoms with Crippen molar-refractivity contribution in [2.24, 2.45) is 0 Å². The second-order valence-corrected chi connectivity index (χ2v) is 11.8. The molecule has 0 spiro atoms. The summed E-state index contributed by atoms with van der Waals surface area (Å²) in [6.45, 7) is 1.53. The molecule has 0 aromatic heterocycles. The normalized spacial score (nSPS) is 20.6. The fraction of sp³-hybridized carbons (Fsp3) is 0.667. The number of benzene rings is 1. The summed E-state index contributed by atoms with van der Waals surface area (Å²) in [7, 11) is -7.04. The zero-order valence-electron chi connectivity index (χ0n) is 17.0. The number of anilines is 1. The van der Waals surface area contributed by atoms with Crippen LogP contribution in [0.5, 0.6) is 0 Å². The van der Waals surface area contributed by atoms with Gasteiger partial charge in [0.1, 0.15) is 5.69 Å². The smallest absolute Gasteiger partial charge is 0.293 e. The van der Waals surface area contributed by atoms with Gasteiger partial charge in [0.2, 0.25) is 20.0 Å². The van der Waals surface area contributed by atoms with E-state index < -0.39 is 25.0 Å². The lowest BCUT2D eigenvalue weighted by Gasteiger charge is -2.31. The Morgan fingerprint density at radius 1 is 0.967 bits per heavy atom. The van der Waals surface area contributed by atoms with Crippen molar-refractivity contribution >= 4 is 31.4 Å². The van der Waals surface area contributed by atoms with E-state index in [2.05, 4.69) is 5.32 Å². The molecule has 168 valence electrons. The summed E-state index contributed by atoms with van der Waals surface area (Å²) in [4.78, 5) is 11.0. The van der Waals surface area contributed by atoms with Crippen molar-refractivity contribution in [3.8, 4) is 0 Å². The van der Waals surface area contributed by atoms with E-state index in [-0.39, 0.29) is 22.3 Å². The van der Waals surface area contributed by atoms with Crippen LogP contribution in [0.2, 0.25) is 0 Å². The van der Waals surface area contributed by atoms with Crippen LogP contribution < -0.4 is 5.32 Å². The predicted molar refractivity (Wildman–Crippen MR) is 113 cm³/mol. The highest BCUT2D eigenvalue weighted by molar-refractivity contribution is 7.89. The molecule has 30 heavy (non-hydrogen) atoms. The van der Waals surface area contributed by atoms with Crippen molar-refractivity contribution in [2.75, 3.05) is 37.8 Å². The molecule has 2 aliphatic heterocycles. The number of rotatable bonds is 6. The minimum absolute atomic E-state index is 0.0754. The van der Waals surface area contributed by atoms with Crippen molar-refractivity contribution in [1.29, 1.82) is 0 Å². The maximum Gasteiger partial charge on any atom is 0.293 e. The predicted octanol–water partition coefficient (Wildman–Crippen LogP) is 2.00. The number of nitro groups is 1. The molecule has 2 aliphatic rings. The van der Waals surface area contributed by atoms with E-state index in [1.165, 1.54) is 20.7 Å². The maximum absolute atomic E-state index is 13.0. The summed E-state index contributed by atoms with van der Waals surface area (Å²) in [5, 5.41) is 14.7. The lowest BCUT2D eigenvalue weighted by molar-refractivity contribution is -0.384. The minimum atomic E-state index is -3.79. The molecule has 2 saturated heterocycles. The van der Waals surface area contributed by atoms with E-state index in [1.807, 2.05) is 0 Å². The van der Waals surface area contributed by atoms with E-state index in [0.29, 0.717) is 39.0 Å². The highest BCUT2D eigenvalue weighted by Crippen LogP contribution is 2.31. The first kappa shape index (κ1) is 22.9. The summed E-state index contributed by atoms with van der Waals surface area (Å²) >= 11 is 0. The lowest BCUT2D eigenvalue weighted by Crippen LogP contribution is -2.41. The molecular weight excluding hydrogens is 432 g/mol. The van der Waals surface area contributed by atoms with E-state index in [0.717, 1.165) is 38.0 Å². The first-order valence-electron chi connectivity index (χ1n) is 10.1. The molecule has 10 nitrogen and oxygen atoms in total. The molecule has 2 fully saturated rings. The van der Waals surface area contributed by atoms with Gasteiger partial charge in [-0.15, -0.1) is 0 Å². The molecule has 0 saturated carbocycles. The van der Waals surface area contributed by atoms with Crippen LogP contribution >= 0.6 is 0 Å². The van der Waals surface area contributed by atoms with E-state index >= 15 is 0 Å². The Balaban J connectivity index is 1.78. The Kier molecular flexibility index (Phi) is 7.00. The molecule has 0 amide bonds. The summed E-state index contributed by atoms with van der Waals surface area (Å²) in [6.07, 6.45) is 5.71. The highest BCUT2D eigenvalue weighted by atomic mass is 32.2. The van der Waals surface area contributed by atoms with Gasteiger partial charge in [0, 0.05) is 38.3 Å². The van der Waals surface area contributed by atoms with E-state index in [4.69, 9.17) is 0 Å². The Bertz CT molecular complexity index is 980. The van der Waals surface area contributed by atoms with Crippen LogP contribution in [0.4, 0.5) is 11.4 Å². The highest BCUT2D eigenvalue weighted by Gasteiger charge is 2.30. The van der Waals surface area contributed by atoms with Crippen LogP contribution in [-0.2, 0) is 20.0 Å². The fourth-order valence-corrected chi connectivity index (χ4v) is 6.34. The van der Waals surface area contributed by atoms with Gasteiger partial charge in [-0.2, -0.15) is 4.31 Å². The van der Waals surface area contributed by atoms with Crippen molar-refractivity contribution < 1.29 is 21.8 Å². The van der Waals surface area contributed by atoms with Crippen LogP contribution in [0.25, 0.3) is 0 Å². The number of hydrogen-bond acceptors (Lipinski definition) is 7. The summed E-state index contributed by atoms with van der Waals surface area (Å²) in [6, 6.07) is 3.83. The van der Waals surface area contributed by atoms with Crippen LogP contribution in [0.1, 0.15) is 38.5 Å². The Morgan fingerprint density at radius 2 is 1.57 bits per heavy atom. The van der Waals surface area contributed by atoms with Gasteiger partial charge in [0.05, 0.1) is 16.1 Å². The number of nitrogens with one attached hydrogen (secondary N) is 1. The third-order valence-electron chi connectivity index (χ3n) is 5.65. The molecule has 1 aromatic carbocycles. The first-order valence-corrected chi connectivity index (χ1v) is 13.4. The molecule has 0 aliphatic carbocycles. The fourth-order valence-electron chi connectivity index (χ4n) is 3.93. The Morgan fingerprint density at radius 3 is 2.10 bits per heavy atom. The summed E-state index contributed by atoms with van der Waals surface area (Å²) in [5.74, 6) is 0. The number of nitrogens with zero attached hydrogens (tertiary/aromatic N) is 3. The van der Waals surface area contributed by atoms with E-state index in [9.17, 15) is 26.9 Å². The van der Waals surface area contributed by atoms with Crippen LogP contribution in [0.15, 0.2) is 23.1 Å². The third kappa shape index (κ3) is 5.29.